The van der Waals surface area contributed by atoms with Gasteiger partial charge in [0.15, 0.2) is 5.78 Å². The number of hydrogen-bond donors (Lipinski definition) is 1. The van der Waals surface area contributed by atoms with Gasteiger partial charge in [-0.25, -0.2) is 8.78 Å². The average molecular weight is 229 g/mol. The molecule has 0 aliphatic carbocycles. The molecule has 0 radical (unpaired) electrons. The van der Waals surface area contributed by atoms with Crippen LogP contribution in [-0.4, -0.2) is 25.5 Å². The van der Waals surface area contributed by atoms with Gasteiger partial charge in [-0.3, -0.25) is 4.79 Å². The molecule has 1 atom stereocenters. The van der Waals surface area contributed by atoms with Crippen LogP contribution in [0.2, 0.25) is 0 Å². The summed E-state index contributed by atoms with van der Waals surface area (Å²) in [5.41, 5.74) is 5.21. The predicted octanol–water partition coefficient (Wildman–Crippen LogP) is 1.05. The molecule has 2 N–H and O–H groups in total. The molecule has 0 saturated heterocycles. The standard InChI is InChI=1S/C11H13F2NO2/c1-16-6-10(14)11(15)5-7-8(12)3-2-4-9(7)13/h2-4,10H,5-6,14H2,1H3. The summed E-state index contributed by atoms with van der Waals surface area (Å²) >= 11 is 0. The maximum absolute atomic E-state index is 13.2. The van der Waals surface area contributed by atoms with Crippen molar-refractivity contribution in [3.8, 4) is 0 Å². The molecule has 5 heteroatoms. The van der Waals surface area contributed by atoms with Gasteiger partial charge >= 0.3 is 0 Å². The van der Waals surface area contributed by atoms with Crippen molar-refractivity contribution in [3.05, 3.63) is 35.4 Å². The lowest BCUT2D eigenvalue weighted by atomic mass is 10.0. The topological polar surface area (TPSA) is 52.3 Å². The van der Waals surface area contributed by atoms with Crippen LogP contribution < -0.4 is 5.73 Å². The first kappa shape index (κ1) is 12.7. The Labute approximate surface area is 92.2 Å². The summed E-state index contributed by atoms with van der Waals surface area (Å²) in [6, 6.07) is 2.60. The maximum Gasteiger partial charge on any atom is 0.156 e. The van der Waals surface area contributed by atoms with Gasteiger partial charge in [-0.05, 0) is 12.1 Å². The Bertz CT molecular complexity index is 362. The van der Waals surface area contributed by atoms with E-state index < -0.39 is 23.5 Å². The van der Waals surface area contributed by atoms with E-state index in [-0.39, 0.29) is 18.6 Å². The van der Waals surface area contributed by atoms with Gasteiger partial charge < -0.3 is 10.5 Å². The van der Waals surface area contributed by atoms with Crippen LogP contribution in [0.1, 0.15) is 5.56 Å². The summed E-state index contributed by atoms with van der Waals surface area (Å²) in [4.78, 5) is 11.5. The van der Waals surface area contributed by atoms with Gasteiger partial charge in [0, 0.05) is 19.1 Å². The normalized spacial score (nSPS) is 12.5. The molecule has 1 unspecified atom stereocenters. The van der Waals surface area contributed by atoms with Gasteiger partial charge in [0.2, 0.25) is 0 Å². The summed E-state index contributed by atoms with van der Waals surface area (Å²) in [7, 11) is 1.40. The number of carbonyl (C=O) groups excluding carboxylic acids is 1. The summed E-state index contributed by atoms with van der Waals surface area (Å²) in [5, 5.41) is 0. The number of carbonyl (C=O) groups is 1. The Morgan fingerprint density at radius 2 is 2.00 bits per heavy atom. The van der Waals surface area contributed by atoms with E-state index >= 15 is 0 Å². The predicted molar refractivity (Wildman–Crippen MR) is 54.9 cm³/mol. The van der Waals surface area contributed by atoms with Crippen molar-refractivity contribution in [2.45, 2.75) is 12.5 Å². The molecule has 0 fully saturated rings. The van der Waals surface area contributed by atoms with Crippen LogP contribution in [0.15, 0.2) is 18.2 Å². The highest BCUT2D eigenvalue weighted by Crippen LogP contribution is 2.13. The minimum absolute atomic E-state index is 0.0366. The summed E-state index contributed by atoms with van der Waals surface area (Å²) in [5.74, 6) is -1.93. The molecular formula is C11H13F2NO2. The van der Waals surface area contributed by atoms with Crippen molar-refractivity contribution in [2.75, 3.05) is 13.7 Å². The van der Waals surface area contributed by atoms with Crippen LogP contribution in [0.25, 0.3) is 0 Å². The first-order chi connectivity index (χ1) is 7.56. The molecule has 16 heavy (non-hydrogen) atoms. The highest BCUT2D eigenvalue weighted by Gasteiger charge is 2.18. The molecule has 1 aromatic carbocycles. The number of nitrogens with two attached hydrogens (primary N) is 1. The van der Waals surface area contributed by atoms with E-state index in [2.05, 4.69) is 4.74 Å². The number of Topliss-reactive ketones (excluding diaryl/α,β-unsaturated/α-hetero) is 1. The zero-order chi connectivity index (χ0) is 12.1. The third-order valence-corrected chi connectivity index (χ3v) is 2.17. The lowest BCUT2D eigenvalue weighted by Gasteiger charge is -2.10. The molecule has 1 rings (SSSR count). The minimum Gasteiger partial charge on any atom is -0.383 e. The summed E-state index contributed by atoms with van der Waals surface area (Å²) in [6.45, 7) is 0.0366. The molecule has 0 heterocycles. The van der Waals surface area contributed by atoms with Crippen LogP contribution in [0.5, 0.6) is 0 Å². The highest BCUT2D eigenvalue weighted by atomic mass is 19.1. The number of hydrogen-bond acceptors (Lipinski definition) is 3. The van der Waals surface area contributed by atoms with Crippen LogP contribution >= 0.6 is 0 Å². The second-order valence-corrected chi connectivity index (χ2v) is 3.41. The molecule has 0 spiro atoms. The second-order valence-electron chi connectivity index (χ2n) is 3.41. The van der Waals surface area contributed by atoms with E-state index in [4.69, 9.17) is 5.73 Å². The molecule has 3 nitrogen and oxygen atoms in total. The Kier molecular flexibility index (Phi) is 4.52. The number of methoxy groups -OCH3 is 1. The average Bonchev–Trinajstić information content (AvgIpc) is 2.23. The van der Waals surface area contributed by atoms with E-state index in [1.54, 1.807) is 0 Å². The number of halogens is 2. The zero-order valence-electron chi connectivity index (χ0n) is 8.87. The van der Waals surface area contributed by atoms with Crippen LogP contribution in [0, 0.1) is 11.6 Å². The fourth-order valence-electron chi connectivity index (χ4n) is 1.28. The molecule has 88 valence electrons. The SMILES string of the molecule is COCC(N)C(=O)Cc1c(F)cccc1F. The van der Waals surface area contributed by atoms with Crippen molar-refractivity contribution >= 4 is 5.78 Å². The molecule has 0 aliphatic heterocycles. The lowest BCUT2D eigenvalue weighted by Crippen LogP contribution is -2.36. The molecule has 0 aliphatic rings. The fourth-order valence-corrected chi connectivity index (χ4v) is 1.28. The molecule has 0 bridgehead atoms. The fraction of sp³-hybridized carbons (Fsp3) is 0.364. The number of ketones is 1. The second kappa shape index (κ2) is 5.67. The third-order valence-electron chi connectivity index (χ3n) is 2.17. The van der Waals surface area contributed by atoms with Crippen molar-refractivity contribution in [2.24, 2.45) is 5.73 Å². The monoisotopic (exact) mass is 229 g/mol. The van der Waals surface area contributed by atoms with Crippen LogP contribution in [0.4, 0.5) is 8.78 Å². The summed E-state index contributed by atoms with van der Waals surface area (Å²) in [6.07, 6.45) is -0.358. The maximum atomic E-state index is 13.2. The molecule has 0 amide bonds. The van der Waals surface area contributed by atoms with Crippen molar-refractivity contribution in [3.63, 3.8) is 0 Å². The van der Waals surface area contributed by atoms with Gasteiger partial charge in [-0.2, -0.15) is 0 Å². The molecule has 1 aromatic rings. The highest BCUT2D eigenvalue weighted by molar-refractivity contribution is 5.86. The quantitative estimate of drug-likeness (QED) is 0.821. The first-order valence-electron chi connectivity index (χ1n) is 4.76. The van der Waals surface area contributed by atoms with Gasteiger partial charge in [-0.15, -0.1) is 0 Å². The van der Waals surface area contributed by atoms with Crippen LogP contribution in [0.3, 0.4) is 0 Å². The number of benzene rings is 1. The first-order valence-corrected chi connectivity index (χ1v) is 4.76. The Morgan fingerprint density at radius 3 is 2.50 bits per heavy atom. The van der Waals surface area contributed by atoms with Crippen molar-refractivity contribution < 1.29 is 18.3 Å². The van der Waals surface area contributed by atoms with Crippen molar-refractivity contribution in [1.29, 1.82) is 0 Å². The smallest absolute Gasteiger partial charge is 0.156 e. The third kappa shape index (κ3) is 3.08. The molecule has 0 aromatic heterocycles. The number of rotatable bonds is 5. The Balaban J connectivity index is 2.77. The molecular weight excluding hydrogens is 216 g/mol. The Hall–Kier alpha value is -1.33. The van der Waals surface area contributed by atoms with E-state index in [1.807, 2.05) is 0 Å². The largest absolute Gasteiger partial charge is 0.383 e. The zero-order valence-corrected chi connectivity index (χ0v) is 8.87. The van der Waals surface area contributed by atoms with E-state index in [9.17, 15) is 13.6 Å². The van der Waals surface area contributed by atoms with Gasteiger partial charge in [0.05, 0.1) is 12.6 Å². The van der Waals surface area contributed by atoms with Gasteiger partial charge in [-0.1, -0.05) is 6.07 Å². The van der Waals surface area contributed by atoms with E-state index in [0.29, 0.717) is 0 Å². The minimum atomic E-state index is -0.857. The van der Waals surface area contributed by atoms with Gasteiger partial charge in [0.25, 0.3) is 0 Å². The van der Waals surface area contributed by atoms with E-state index in [1.165, 1.54) is 13.2 Å². The lowest BCUT2D eigenvalue weighted by molar-refractivity contribution is -0.120. The van der Waals surface area contributed by atoms with Crippen LogP contribution in [-0.2, 0) is 16.0 Å². The molecule has 0 saturated carbocycles. The van der Waals surface area contributed by atoms with E-state index in [0.717, 1.165) is 12.1 Å². The Morgan fingerprint density at radius 1 is 1.44 bits per heavy atom. The number of ether oxygens (including phenoxy) is 1. The van der Waals surface area contributed by atoms with Crippen molar-refractivity contribution in [1.82, 2.24) is 0 Å². The summed E-state index contributed by atoms with van der Waals surface area (Å²) < 4.78 is 31.1. The van der Waals surface area contributed by atoms with Gasteiger partial charge in [0.1, 0.15) is 11.6 Å².